The maximum absolute atomic E-state index is 9.38. The molecular weight excluding hydrogens is 343 g/mol. The van der Waals surface area contributed by atoms with Crippen molar-refractivity contribution in [3.8, 4) is 5.75 Å². The number of aryl methyl sites for hydroxylation is 1. The van der Waals surface area contributed by atoms with Crippen molar-refractivity contribution in [1.29, 1.82) is 0 Å². The normalized spacial score (nSPS) is 11.4. The third kappa shape index (κ3) is 9.84. The molecule has 2 rings (SSSR count). The molecular formula is C15H23Cl2OSiTi-. The van der Waals surface area contributed by atoms with Gasteiger partial charge in [-0.3, -0.25) is 6.08 Å². The molecule has 0 radical (unpaired) electrons. The summed E-state index contributed by atoms with van der Waals surface area (Å²) < 4.78 is 0. The van der Waals surface area contributed by atoms with Gasteiger partial charge < -0.3 is 5.11 Å². The van der Waals surface area contributed by atoms with Crippen LogP contribution in [0.1, 0.15) is 12.0 Å². The smallest absolute Gasteiger partial charge is 0.115 e. The summed E-state index contributed by atoms with van der Waals surface area (Å²) in [6, 6.07) is 5.86. The first-order valence-electron chi connectivity index (χ1n) is 5.92. The fraction of sp³-hybridized carbons (Fsp3) is 0.333. The Morgan fingerprint density at radius 3 is 2.00 bits per heavy atom. The molecule has 1 nitrogen and oxygen atoms in total. The molecule has 0 unspecified atom stereocenters. The quantitative estimate of drug-likeness (QED) is 0.577. The van der Waals surface area contributed by atoms with Crippen LogP contribution in [0.2, 0.25) is 19.6 Å². The molecule has 0 amide bonds. The van der Waals surface area contributed by atoms with E-state index in [4.69, 9.17) is 0 Å². The SMILES string of the molecule is Cc1cc(O)cc([Si](C)(C)C)c1.Cl.Cl.[C-]1=CC=CC1.[Ti]. The van der Waals surface area contributed by atoms with Crippen LogP contribution in [-0.4, -0.2) is 13.2 Å². The van der Waals surface area contributed by atoms with Gasteiger partial charge in [0.25, 0.3) is 0 Å². The molecule has 0 bridgehead atoms. The molecule has 0 fully saturated rings. The zero-order chi connectivity index (χ0) is 12.9. The zero-order valence-electron chi connectivity index (χ0n) is 12.4. The Labute approximate surface area is 151 Å². The second kappa shape index (κ2) is 11.6. The Morgan fingerprint density at radius 1 is 1.10 bits per heavy atom. The number of benzene rings is 1. The van der Waals surface area contributed by atoms with E-state index in [1.54, 1.807) is 6.07 Å². The minimum atomic E-state index is -1.26. The first-order valence-corrected chi connectivity index (χ1v) is 9.42. The molecule has 0 saturated heterocycles. The van der Waals surface area contributed by atoms with Crippen molar-refractivity contribution in [2.24, 2.45) is 0 Å². The number of hydrogen-bond acceptors (Lipinski definition) is 1. The van der Waals surface area contributed by atoms with Crippen LogP contribution in [0.4, 0.5) is 0 Å². The standard InChI is InChI=1S/C10H16OSi.C5H5.2ClH.Ti/c1-8-5-9(11)7-10(6-8)12(2,3)4;1-2-4-5-3-1;;;/h5-7,11H,1-4H3;1-3H,4H2;2*1H;/q;-1;;;. The van der Waals surface area contributed by atoms with Crippen LogP contribution < -0.4 is 5.19 Å². The Hall–Kier alpha value is 0.0112. The number of phenols is 1. The van der Waals surface area contributed by atoms with E-state index >= 15 is 0 Å². The zero-order valence-corrected chi connectivity index (χ0v) is 16.6. The summed E-state index contributed by atoms with van der Waals surface area (Å²) in [5, 5.41) is 10.7. The molecule has 0 aliphatic heterocycles. The van der Waals surface area contributed by atoms with Gasteiger partial charge in [0.15, 0.2) is 0 Å². The summed E-state index contributed by atoms with van der Waals surface area (Å²) in [5.41, 5.74) is 1.15. The average Bonchev–Trinajstić information content (AvgIpc) is 2.72. The molecule has 1 aliphatic rings. The monoisotopic (exact) mass is 365 g/mol. The molecule has 5 heteroatoms. The van der Waals surface area contributed by atoms with Gasteiger partial charge in [-0.2, -0.15) is 6.08 Å². The maximum atomic E-state index is 9.38. The van der Waals surface area contributed by atoms with Crippen LogP contribution in [0.25, 0.3) is 0 Å². The van der Waals surface area contributed by atoms with Gasteiger partial charge in [0.05, 0.1) is 8.07 Å². The minimum absolute atomic E-state index is 0. The van der Waals surface area contributed by atoms with E-state index in [1.807, 2.05) is 25.1 Å². The van der Waals surface area contributed by atoms with Crippen molar-refractivity contribution in [3.63, 3.8) is 0 Å². The topological polar surface area (TPSA) is 20.2 Å². The number of aromatic hydroxyl groups is 1. The summed E-state index contributed by atoms with van der Waals surface area (Å²) >= 11 is 0. The van der Waals surface area contributed by atoms with Gasteiger partial charge in [0.2, 0.25) is 0 Å². The van der Waals surface area contributed by atoms with Crippen molar-refractivity contribution in [1.82, 2.24) is 0 Å². The molecule has 0 atom stereocenters. The molecule has 20 heavy (non-hydrogen) atoms. The number of allylic oxidation sites excluding steroid dienone is 4. The van der Waals surface area contributed by atoms with Crippen molar-refractivity contribution in [2.75, 3.05) is 0 Å². The molecule has 0 spiro atoms. The summed E-state index contributed by atoms with van der Waals surface area (Å²) in [6.45, 7) is 8.85. The fourth-order valence-electron chi connectivity index (χ4n) is 1.54. The van der Waals surface area contributed by atoms with E-state index in [1.165, 1.54) is 5.19 Å². The first kappa shape index (κ1) is 25.0. The predicted molar refractivity (Wildman–Crippen MR) is 91.9 cm³/mol. The molecule has 1 aromatic carbocycles. The van der Waals surface area contributed by atoms with Gasteiger partial charge in [0.1, 0.15) is 5.75 Å². The number of phenolic OH excluding ortho intramolecular Hbond substituents is 1. The summed E-state index contributed by atoms with van der Waals surface area (Å²) in [7, 11) is -1.26. The van der Waals surface area contributed by atoms with Crippen LogP contribution in [-0.2, 0) is 21.7 Å². The van der Waals surface area contributed by atoms with E-state index in [0.717, 1.165) is 12.0 Å². The fourth-order valence-corrected chi connectivity index (χ4v) is 2.78. The van der Waals surface area contributed by atoms with Gasteiger partial charge >= 0.3 is 0 Å². The van der Waals surface area contributed by atoms with Crippen LogP contribution in [0, 0.1) is 13.0 Å². The second-order valence-corrected chi connectivity index (χ2v) is 10.4. The van der Waals surface area contributed by atoms with Crippen molar-refractivity contribution < 1.29 is 26.8 Å². The Morgan fingerprint density at radius 2 is 1.70 bits per heavy atom. The van der Waals surface area contributed by atoms with Crippen LogP contribution in [0.3, 0.4) is 0 Å². The Balaban J connectivity index is -0.000000312. The maximum Gasteiger partial charge on any atom is 0.115 e. The predicted octanol–water partition coefficient (Wildman–Crippen LogP) is 4.39. The molecule has 1 aromatic rings. The van der Waals surface area contributed by atoms with E-state index in [2.05, 4.69) is 37.9 Å². The third-order valence-corrected chi connectivity index (χ3v) is 4.53. The van der Waals surface area contributed by atoms with Crippen molar-refractivity contribution in [3.05, 3.63) is 48.1 Å². The van der Waals surface area contributed by atoms with Gasteiger partial charge in [-0.05, 0) is 24.6 Å². The summed E-state index contributed by atoms with van der Waals surface area (Å²) in [4.78, 5) is 0. The Kier molecular flexibility index (Phi) is 14.6. The largest absolute Gasteiger partial charge is 0.508 e. The third-order valence-electron chi connectivity index (χ3n) is 2.51. The number of rotatable bonds is 1. The molecule has 1 N–H and O–H groups in total. The van der Waals surface area contributed by atoms with E-state index < -0.39 is 8.07 Å². The van der Waals surface area contributed by atoms with Crippen LogP contribution >= 0.6 is 24.8 Å². The molecule has 112 valence electrons. The molecule has 0 aromatic heterocycles. The van der Waals surface area contributed by atoms with E-state index in [-0.39, 0.29) is 46.5 Å². The molecule has 0 saturated carbocycles. The number of halogens is 2. The van der Waals surface area contributed by atoms with Crippen LogP contribution in [0.15, 0.2) is 36.4 Å². The van der Waals surface area contributed by atoms with Gasteiger partial charge in [0, 0.05) is 21.7 Å². The molecule has 1 aliphatic carbocycles. The van der Waals surface area contributed by atoms with Crippen molar-refractivity contribution >= 4 is 38.1 Å². The summed E-state index contributed by atoms with van der Waals surface area (Å²) in [6.07, 6.45) is 10.0. The van der Waals surface area contributed by atoms with Crippen molar-refractivity contribution in [2.45, 2.75) is 33.0 Å². The van der Waals surface area contributed by atoms with Gasteiger partial charge in [-0.1, -0.05) is 30.9 Å². The Bertz CT molecular complexity index is 410. The first-order chi connectivity index (χ1) is 7.89. The van der Waals surface area contributed by atoms with Gasteiger partial charge in [-0.15, -0.1) is 31.2 Å². The minimum Gasteiger partial charge on any atom is -0.508 e. The second-order valence-electron chi connectivity index (χ2n) is 5.31. The van der Waals surface area contributed by atoms with Gasteiger partial charge in [-0.25, -0.2) is 12.2 Å². The molecule has 0 heterocycles. The average molecular weight is 366 g/mol. The van der Waals surface area contributed by atoms with E-state index in [9.17, 15) is 5.11 Å². The van der Waals surface area contributed by atoms with E-state index in [0.29, 0.717) is 5.75 Å². The number of hydrogen-bond donors (Lipinski definition) is 1. The van der Waals surface area contributed by atoms with Crippen LogP contribution in [0.5, 0.6) is 5.75 Å². The summed E-state index contributed by atoms with van der Waals surface area (Å²) in [5.74, 6) is 0.396.